The van der Waals surface area contributed by atoms with Crippen LogP contribution in [-0.4, -0.2) is 20.9 Å². The number of hydrogen-bond donors (Lipinski definition) is 1. The van der Waals surface area contributed by atoms with E-state index in [0.717, 1.165) is 29.1 Å². The highest BCUT2D eigenvalue weighted by molar-refractivity contribution is 5.86. The van der Waals surface area contributed by atoms with Gasteiger partial charge in [0, 0.05) is 6.20 Å². The minimum absolute atomic E-state index is 0.142. The minimum atomic E-state index is -1.37. The van der Waals surface area contributed by atoms with Crippen LogP contribution in [0.15, 0.2) is 35.3 Å². The number of rotatable bonds is 3. The van der Waals surface area contributed by atoms with Crippen LogP contribution in [0.3, 0.4) is 0 Å². The lowest BCUT2D eigenvalue weighted by molar-refractivity contribution is 0.0693. The molecule has 0 amide bonds. The Morgan fingerprint density at radius 1 is 1.26 bits per heavy atom. The average Bonchev–Trinajstić information content (AvgIpc) is 2.36. The molecule has 0 bridgehead atoms. The highest BCUT2D eigenvalue weighted by atomic mass is 19.2. The van der Waals surface area contributed by atoms with Gasteiger partial charge in [-0.25, -0.2) is 18.3 Å². The summed E-state index contributed by atoms with van der Waals surface area (Å²) in [6.45, 7) is -0.142. The molecule has 7 heteroatoms. The SMILES string of the molecule is O=C(O)c1ccnn(Cc2ccc(F)c(F)c2)c1=O. The first-order chi connectivity index (χ1) is 8.99. The van der Waals surface area contributed by atoms with Crippen molar-refractivity contribution in [2.45, 2.75) is 6.54 Å². The van der Waals surface area contributed by atoms with Crippen molar-refractivity contribution in [3.05, 3.63) is 63.6 Å². The summed E-state index contributed by atoms with van der Waals surface area (Å²) in [7, 11) is 0. The van der Waals surface area contributed by atoms with Gasteiger partial charge in [-0.3, -0.25) is 4.79 Å². The number of aromatic carboxylic acids is 1. The van der Waals surface area contributed by atoms with Crippen molar-refractivity contribution < 1.29 is 18.7 Å². The molecule has 2 aromatic rings. The largest absolute Gasteiger partial charge is 0.477 e. The topological polar surface area (TPSA) is 72.2 Å². The Kier molecular flexibility index (Phi) is 3.37. The maximum atomic E-state index is 13.0. The van der Waals surface area contributed by atoms with Crippen molar-refractivity contribution >= 4 is 5.97 Å². The number of benzene rings is 1. The fourth-order valence-corrected chi connectivity index (χ4v) is 1.54. The number of hydrogen-bond acceptors (Lipinski definition) is 3. The van der Waals surface area contributed by atoms with Crippen LogP contribution in [0.1, 0.15) is 15.9 Å². The predicted octanol–water partition coefficient (Wildman–Crippen LogP) is 1.27. The summed E-state index contributed by atoms with van der Waals surface area (Å²) in [5.74, 6) is -3.41. The molecule has 0 aliphatic heterocycles. The second-order valence-electron chi connectivity index (χ2n) is 3.76. The number of halogens is 2. The van der Waals surface area contributed by atoms with E-state index in [9.17, 15) is 18.4 Å². The number of carboxylic acid groups (broad SMARTS) is 1. The fraction of sp³-hybridized carbons (Fsp3) is 0.0833. The van der Waals surface area contributed by atoms with Crippen LogP contribution >= 0.6 is 0 Å². The molecule has 1 aromatic carbocycles. The van der Waals surface area contributed by atoms with E-state index in [1.54, 1.807) is 0 Å². The van der Waals surface area contributed by atoms with Crippen LogP contribution in [0.4, 0.5) is 8.78 Å². The zero-order chi connectivity index (χ0) is 14.0. The van der Waals surface area contributed by atoms with Gasteiger partial charge >= 0.3 is 5.97 Å². The van der Waals surface area contributed by atoms with Crippen molar-refractivity contribution in [1.82, 2.24) is 9.78 Å². The van der Waals surface area contributed by atoms with Crippen LogP contribution < -0.4 is 5.56 Å². The molecule has 5 nitrogen and oxygen atoms in total. The molecule has 0 saturated heterocycles. The molecule has 0 aliphatic carbocycles. The molecule has 0 saturated carbocycles. The normalized spacial score (nSPS) is 10.4. The van der Waals surface area contributed by atoms with Crippen LogP contribution in [-0.2, 0) is 6.54 Å². The van der Waals surface area contributed by atoms with Crippen molar-refractivity contribution in [3.8, 4) is 0 Å². The third-order valence-corrected chi connectivity index (χ3v) is 2.46. The van der Waals surface area contributed by atoms with Gasteiger partial charge < -0.3 is 5.11 Å². The average molecular weight is 266 g/mol. The Balaban J connectivity index is 2.38. The number of carbonyl (C=O) groups is 1. The van der Waals surface area contributed by atoms with Gasteiger partial charge in [-0.05, 0) is 23.8 Å². The van der Waals surface area contributed by atoms with Crippen molar-refractivity contribution in [1.29, 1.82) is 0 Å². The summed E-state index contributed by atoms with van der Waals surface area (Å²) >= 11 is 0. The molecule has 1 N–H and O–H groups in total. The van der Waals surface area contributed by atoms with E-state index >= 15 is 0 Å². The molecule has 0 spiro atoms. The van der Waals surface area contributed by atoms with Crippen LogP contribution in [0.25, 0.3) is 0 Å². The van der Waals surface area contributed by atoms with E-state index in [2.05, 4.69) is 5.10 Å². The molecular weight excluding hydrogens is 258 g/mol. The highest BCUT2D eigenvalue weighted by Gasteiger charge is 2.12. The maximum Gasteiger partial charge on any atom is 0.341 e. The van der Waals surface area contributed by atoms with Gasteiger partial charge in [0.2, 0.25) is 0 Å². The summed E-state index contributed by atoms with van der Waals surface area (Å²) in [4.78, 5) is 22.5. The monoisotopic (exact) mass is 266 g/mol. The first kappa shape index (κ1) is 12.9. The third kappa shape index (κ3) is 2.65. The number of nitrogens with zero attached hydrogens (tertiary/aromatic N) is 2. The van der Waals surface area contributed by atoms with E-state index in [-0.39, 0.29) is 6.54 Å². The second kappa shape index (κ2) is 4.97. The molecular formula is C12H8F2N2O3. The molecule has 0 fully saturated rings. The predicted molar refractivity (Wildman–Crippen MR) is 60.9 cm³/mol. The number of carboxylic acids is 1. The minimum Gasteiger partial charge on any atom is -0.477 e. The lowest BCUT2D eigenvalue weighted by atomic mass is 10.2. The van der Waals surface area contributed by atoms with Gasteiger partial charge in [0.1, 0.15) is 5.56 Å². The molecule has 2 rings (SSSR count). The lowest BCUT2D eigenvalue weighted by Crippen LogP contribution is -2.28. The van der Waals surface area contributed by atoms with Gasteiger partial charge in [0.05, 0.1) is 6.54 Å². The lowest BCUT2D eigenvalue weighted by Gasteiger charge is -2.05. The van der Waals surface area contributed by atoms with E-state index in [1.165, 1.54) is 6.07 Å². The molecule has 0 aliphatic rings. The summed E-state index contributed by atoms with van der Waals surface area (Å²) in [6.07, 6.45) is 1.16. The van der Waals surface area contributed by atoms with Gasteiger partial charge in [-0.15, -0.1) is 0 Å². The molecule has 98 valence electrons. The van der Waals surface area contributed by atoms with Gasteiger partial charge in [-0.2, -0.15) is 5.10 Å². The van der Waals surface area contributed by atoms with Crippen molar-refractivity contribution in [2.75, 3.05) is 0 Å². The highest BCUT2D eigenvalue weighted by Crippen LogP contribution is 2.09. The summed E-state index contributed by atoms with van der Waals surface area (Å²) in [5.41, 5.74) is -0.937. The van der Waals surface area contributed by atoms with Crippen LogP contribution in [0, 0.1) is 11.6 Å². The molecule has 1 aromatic heterocycles. The van der Waals surface area contributed by atoms with E-state index in [4.69, 9.17) is 5.11 Å². The van der Waals surface area contributed by atoms with Crippen molar-refractivity contribution in [3.63, 3.8) is 0 Å². The first-order valence-electron chi connectivity index (χ1n) is 5.22. The zero-order valence-electron chi connectivity index (χ0n) is 9.51. The van der Waals surface area contributed by atoms with Crippen LogP contribution in [0.2, 0.25) is 0 Å². The third-order valence-electron chi connectivity index (χ3n) is 2.46. The maximum absolute atomic E-state index is 13.0. The van der Waals surface area contributed by atoms with E-state index in [1.807, 2.05) is 0 Å². The first-order valence-corrected chi connectivity index (χ1v) is 5.22. The Labute approximate surface area is 105 Å². The zero-order valence-corrected chi connectivity index (χ0v) is 9.51. The fourth-order valence-electron chi connectivity index (χ4n) is 1.54. The summed E-state index contributed by atoms with van der Waals surface area (Å²) in [6, 6.07) is 4.22. The van der Waals surface area contributed by atoms with E-state index in [0.29, 0.717) is 5.56 Å². The molecule has 0 unspecified atom stereocenters. The molecule has 0 atom stereocenters. The smallest absolute Gasteiger partial charge is 0.341 e. The Bertz CT molecular complexity index is 698. The Hall–Kier alpha value is -2.57. The van der Waals surface area contributed by atoms with Gasteiger partial charge in [-0.1, -0.05) is 6.07 Å². The van der Waals surface area contributed by atoms with E-state index < -0.39 is 28.7 Å². The van der Waals surface area contributed by atoms with Gasteiger partial charge in [0.25, 0.3) is 5.56 Å². The Morgan fingerprint density at radius 3 is 2.63 bits per heavy atom. The number of aromatic nitrogens is 2. The molecule has 1 heterocycles. The standard InChI is InChI=1S/C12H8F2N2O3/c13-9-2-1-7(5-10(9)14)6-16-11(17)8(12(18)19)3-4-15-16/h1-5H,6H2,(H,18,19). The quantitative estimate of drug-likeness (QED) is 0.908. The summed E-state index contributed by atoms with van der Waals surface area (Å²) in [5, 5.41) is 12.5. The molecule has 19 heavy (non-hydrogen) atoms. The molecule has 0 radical (unpaired) electrons. The second-order valence-corrected chi connectivity index (χ2v) is 3.76. The van der Waals surface area contributed by atoms with Gasteiger partial charge in [0.15, 0.2) is 11.6 Å². The van der Waals surface area contributed by atoms with Crippen LogP contribution in [0.5, 0.6) is 0 Å². The Morgan fingerprint density at radius 2 is 2.00 bits per heavy atom. The van der Waals surface area contributed by atoms with Crippen molar-refractivity contribution in [2.24, 2.45) is 0 Å². The summed E-state index contributed by atoms with van der Waals surface area (Å²) < 4.78 is 26.6.